The molecule has 0 bridgehead atoms. The number of nitrogens with zero attached hydrogens (tertiary/aromatic N) is 1. The Kier molecular flexibility index (Phi) is 3.72. The van der Waals surface area contributed by atoms with Crippen LogP contribution in [-0.4, -0.2) is 29.6 Å². The fourth-order valence-electron chi connectivity index (χ4n) is 2.60. The lowest BCUT2D eigenvalue weighted by Crippen LogP contribution is -2.46. The van der Waals surface area contributed by atoms with E-state index in [1.165, 1.54) is 19.4 Å². The summed E-state index contributed by atoms with van der Waals surface area (Å²) in [6.45, 7) is 8.86. The SMILES string of the molecule is CC(C)(C)N1CCC[C@@H]1COc1ccccc1. The van der Waals surface area contributed by atoms with E-state index < -0.39 is 0 Å². The molecule has 2 rings (SSSR count). The van der Waals surface area contributed by atoms with Gasteiger partial charge in [0.1, 0.15) is 12.4 Å². The zero-order chi connectivity index (χ0) is 12.3. The maximum absolute atomic E-state index is 5.87. The molecular formula is C15H23NO. The normalized spacial score (nSPS) is 21.7. The Morgan fingerprint density at radius 3 is 2.59 bits per heavy atom. The summed E-state index contributed by atoms with van der Waals surface area (Å²) in [5.41, 5.74) is 0.251. The van der Waals surface area contributed by atoms with Gasteiger partial charge < -0.3 is 4.74 Å². The van der Waals surface area contributed by atoms with Gasteiger partial charge in [0, 0.05) is 11.6 Å². The number of hydrogen-bond acceptors (Lipinski definition) is 2. The number of likely N-dealkylation sites (tertiary alicyclic amines) is 1. The van der Waals surface area contributed by atoms with Gasteiger partial charge in [-0.15, -0.1) is 0 Å². The van der Waals surface area contributed by atoms with Gasteiger partial charge >= 0.3 is 0 Å². The molecule has 1 atom stereocenters. The second-order valence-corrected chi connectivity index (χ2v) is 5.78. The molecule has 0 aliphatic carbocycles. The van der Waals surface area contributed by atoms with Crippen LogP contribution in [0, 0.1) is 0 Å². The summed E-state index contributed by atoms with van der Waals surface area (Å²) in [6, 6.07) is 10.7. The van der Waals surface area contributed by atoms with Gasteiger partial charge in [-0.25, -0.2) is 0 Å². The van der Waals surface area contributed by atoms with Crippen LogP contribution in [0.4, 0.5) is 0 Å². The summed E-state index contributed by atoms with van der Waals surface area (Å²) in [5, 5.41) is 0. The highest BCUT2D eigenvalue weighted by Crippen LogP contribution is 2.26. The molecule has 0 aromatic heterocycles. The van der Waals surface area contributed by atoms with Gasteiger partial charge in [-0.3, -0.25) is 4.90 Å². The minimum absolute atomic E-state index is 0.251. The van der Waals surface area contributed by atoms with Crippen LogP contribution < -0.4 is 4.74 Å². The van der Waals surface area contributed by atoms with Crippen LogP contribution in [0.5, 0.6) is 5.75 Å². The topological polar surface area (TPSA) is 12.5 Å². The minimum Gasteiger partial charge on any atom is -0.492 e. The maximum atomic E-state index is 5.87. The lowest BCUT2D eigenvalue weighted by Gasteiger charge is -2.36. The van der Waals surface area contributed by atoms with Crippen molar-refractivity contribution in [3.05, 3.63) is 30.3 Å². The summed E-state index contributed by atoms with van der Waals surface area (Å²) in [5.74, 6) is 0.980. The smallest absolute Gasteiger partial charge is 0.119 e. The molecule has 1 aliphatic rings. The highest BCUT2D eigenvalue weighted by atomic mass is 16.5. The molecular weight excluding hydrogens is 210 g/mol. The third-order valence-corrected chi connectivity index (χ3v) is 3.42. The predicted octanol–water partition coefficient (Wildman–Crippen LogP) is 3.33. The molecule has 2 heteroatoms. The largest absolute Gasteiger partial charge is 0.492 e. The van der Waals surface area contributed by atoms with Crippen molar-refractivity contribution >= 4 is 0 Å². The summed E-state index contributed by atoms with van der Waals surface area (Å²) in [7, 11) is 0. The molecule has 0 amide bonds. The third-order valence-electron chi connectivity index (χ3n) is 3.42. The van der Waals surface area contributed by atoms with E-state index in [1.54, 1.807) is 0 Å². The summed E-state index contributed by atoms with van der Waals surface area (Å²) in [6.07, 6.45) is 2.55. The van der Waals surface area contributed by atoms with E-state index in [0.29, 0.717) is 6.04 Å². The van der Waals surface area contributed by atoms with Crippen LogP contribution >= 0.6 is 0 Å². The number of rotatable bonds is 3. The molecule has 1 fully saturated rings. The Balaban J connectivity index is 1.91. The first kappa shape index (κ1) is 12.4. The van der Waals surface area contributed by atoms with Gasteiger partial charge in [0.25, 0.3) is 0 Å². The minimum atomic E-state index is 0.251. The van der Waals surface area contributed by atoms with Crippen LogP contribution in [0.3, 0.4) is 0 Å². The van der Waals surface area contributed by atoms with Crippen molar-refractivity contribution in [2.24, 2.45) is 0 Å². The van der Waals surface area contributed by atoms with E-state index >= 15 is 0 Å². The molecule has 0 radical (unpaired) electrons. The van der Waals surface area contributed by atoms with E-state index in [2.05, 4.69) is 25.7 Å². The van der Waals surface area contributed by atoms with Crippen molar-refractivity contribution in [3.63, 3.8) is 0 Å². The molecule has 94 valence electrons. The molecule has 2 nitrogen and oxygen atoms in total. The highest BCUT2D eigenvalue weighted by Gasteiger charge is 2.33. The molecule has 0 unspecified atom stereocenters. The number of hydrogen-bond donors (Lipinski definition) is 0. The third kappa shape index (κ3) is 3.22. The molecule has 1 heterocycles. The zero-order valence-corrected chi connectivity index (χ0v) is 11.1. The first-order valence-electron chi connectivity index (χ1n) is 6.52. The summed E-state index contributed by atoms with van der Waals surface area (Å²) < 4.78 is 5.87. The van der Waals surface area contributed by atoms with Crippen molar-refractivity contribution in [2.75, 3.05) is 13.2 Å². The van der Waals surface area contributed by atoms with Crippen molar-refractivity contribution in [1.82, 2.24) is 4.90 Å². The van der Waals surface area contributed by atoms with Gasteiger partial charge in [0.2, 0.25) is 0 Å². The molecule has 1 aromatic rings. The Bertz CT molecular complexity index is 342. The van der Waals surface area contributed by atoms with E-state index in [-0.39, 0.29) is 5.54 Å². The first-order valence-corrected chi connectivity index (χ1v) is 6.52. The highest BCUT2D eigenvalue weighted by molar-refractivity contribution is 5.21. The lowest BCUT2D eigenvalue weighted by molar-refractivity contribution is 0.0878. The maximum Gasteiger partial charge on any atom is 0.119 e. The van der Waals surface area contributed by atoms with E-state index in [0.717, 1.165) is 12.4 Å². The fraction of sp³-hybridized carbons (Fsp3) is 0.600. The quantitative estimate of drug-likeness (QED) is 0.794. The fourth-order valence-corrected chi connectivity index (χ4v) is 2.60. The van der Waals surface area contributed by atoms with Crippen molar-refractivity contribution in [3.8, 4) is 5.75 Å². The van der Waals surface area contributed by atoms with Gasteiger partial charge in [0.05, 0.1) is 0 Å². The van der Waals surface area contributed by atoms with Crippen molar-refractivity contribution in [2.45, 2.75) is 45.2 Å². The molecule has 0 N–H and O–H groups in total. The molecule has 0 saturated carbocycles. The average molecular weight is 233 g/mol. The molecule has 1 aromatic carbocycles. The van der Waals surface area contributed by atoms with Gasteiger partial charge in [0.15, 0.2) is 0 Å². The van der Waals surface area contributed by atoms with Gasteiger partial charge in [-0.1, -0.05) is 18.2 Å². The number of para-hydroxylation sites is 1. The van der Waals surface area contributed by atoms with E-state index in [4.69, 9.17) is 4.74 Å². The van der Waals surface area contributed by atoms with Crippen LogP contribution in [0.15, 0.2) is 30.3 Å². The van der Waals surface area contributed by atoms with Crippen LogP contribution in [0.2, 0.25) is 0 Å². The van der Waals surface area contributed by atoms with Gasteiger partial charge in [-0.2, -0.15) is 0 Å². The molecule has 0 spiro atoms. The molecule has 1 saturated heterocycles. The zero-order valence-electron chi connectivity index (χ0n) is 11.1. The first-order chi connectivity index (χ1) is 8.07. The number of benzene rings is 1. The van der Waals surface area contributed by atoms with Crippen LogP contribution in [0.25, 0.3) is 0 Å². The van der Waals surface area contributed by atoms with Crippen LogP contribution in [-0.2, 0) is 0 Å². The summed E-state index contributed by atoms with van der Waals surface area (Å²) >= 11 is 0. The monoisotopic (exact) mass is 233 g/mol. The Labute approximate surface area is 105 Å². The standard InChI is InChI=1S/C15H23NO/c1-15(2,3)16-11-7-8-13(16)12-17-14-9-5-4-6-10-14/h4-6,9-10,13H,7-8,11-12H2,1-3H3/t13-/m1/s1. The van der Waals surface area contributed by atoms with Crippen molar-refractivity contribution < 1.29 is 4.74 Å². The van der Waals surface area contributed by atoms with Crippen LogP contribution in [0.1, 0.15) is 33.6 Å². The van der Waals surface area contributed by atoms with E-state index in [9.17, 15) is 0 Å². The average Bonchev–Trinajstić information content (AvgIpc) is 2.75. The number of ether oxygens (including phenoxy) is 1. The van der Waals surface area contributed by atoms with E-state index in [1.807, 2.05) is 30.3 Å². The molecule has 1 aliphatic heterocycles. The van der Waals surface area contributed by atoms with Crippen molar-refractivity contribution in [1.29, 1.82) is 0 Å². The Hall–Kier alpha value is -1.02. The Morgan fingerprint density at radius 2 is 1.94 bits per heavy atom. The second-order valence-electron chi connectivity index (χ2n) is 5.78. The predicted molar refractivity (Wildman–Crippen MR) is 71.4 cm³/mol. The molecule has 17 heavy (non-hydrogen) atoms. The lowest BCUT2D eigenvalue weighted by atomic mass is 10.1. The Morgan fingerprint density at radius 1 is 1.24 bits per heavy atom. The summed E-state index contributed by atoms with van der Waals surface area (Å²) in [4.78, 5) is 2.57. The van der Waals surface area contributed by atoms with Gasteiger partial charge in [-0.05, 0) is 52.3 Å². The second kappa shape index (κ2) is 5.09.